The minimum Gasteiger partial charge on any atom is -0.347 e. The van der Waals surface area contributed by atoms with Gasteiger partial charge in [-0.25, -0.2) is 4.98 Å². The minimum atomic E-state index is -0.178. The number of hydrogen-bond donors (Lipinski definition) is 2. The van der Waals surface area contributed by atoms with E-state index in [2.05, 4.69) is 16.9 Å². The van der Waals surface area contributed by atoms with Crippen molar-refractivity contribution in [3.8, 4) is 0 Å². The van der Waals surface area contributed by atoms with Crippen LogP contribution in [0.4, 0.5) is 0 Å². The van der Waals surface area contributed by atoms with Crippen molar-refractivity contribution in [2.24, 2.45) is 11.7 Å². The molecule has 1 fully saturated rings. The Balaban J connectivity index is 2.23. The Labute approximate surface area is 72.4 Å². The highest BCUT2D eigenvalue weighted by atomic mass is 15.0. The fraction of sp³-hybridized carbons (Fsp3) is 0.667. The van der Waals surface area contributed by atoms with E-state index in [0.717, 1.165) is 24.6 Å². The van der Waals surface area contributed by atoms with Gasteiger partial charge in [0.25, 0.3) is 0 Å². The van der Waals surface area contributed by atoms with E-state index < -0.39 is 0 Å². The zero-order chi connectivity index (χ0) is 8.60. The van der Waals surface area contributed by atoms with E-state index >= 15 is 0 Å². The van der Waals surface area contributed by atoms with Crippen LogP contribution in [0.5, 0.6) is 0 Å². The molecule has 12 heavy (non-hydrogen) atoms. The maximum absolute atomic E-state index is 6.22. The summed E-state index contributed by atoms with van der Waals surface area (Å²) in [6, 6.07) is 0. The van der Waals surface area contributed by atoms with E-state index in [1.54, 1.807) is 6.20 Å². The molecule has 1 aromatic rings. The van der Waals surface area contributed by atoms with Crippen molar-refractivity contribution in [1.29, 1.82) is 0 Å². The largest absolute Gasteiger partial charge is 0.347 e. The first kappa shape index (κ1) is 7.80. The SMILES string of the molecule is CC1CCC(N)(c2ncc[nH]2)C1. The highest BCUT2D eigenvalue weighted by molar-refractivity contribution is 5.08. The Bertz CT molecular complexity index is 255. The van der Waals surface area contributed by atoms with Gasteiger partial charge in [0.05, 0.1) is 5.54 Å². The molecule has 0 bridgehead atoms. The number of rotatable bonds is 1. The molecule has 1 heterocycles. The molecule has 1 aliphatic rings. The first-order valence-electron chi connectivity index (χ1n) is 4.49. The summed E-state index contributed by atoms with van der Waals surface area (Å²) < 4.78 is 0. The lowest BCUT2D eigenvalue weighted by Crippen LogP contribution is -2.34. The molecular weight excluding hydrogens is 150 g/mol. The molecule has 0 radical (unpaired) electrons. The molecule has 2 rings (SSSR count). The maximum atomic E-state index is 6.22. The van der Waals surface area contributed by atoms with E-state index in [4.69, 9.17) is 5.73 Å². The highest BCUT2D eigenvalue weighted by Crippen LogP contribution is 2.37. The molecule has 3 nitrogen and oxygen atoms in total. The third-order valence-electron chi connectivity index (χ3n) is 2.77. The molecule has 0 saturated heterocycles. The van der Waals surface area contributed by atoms with Crippen LogP contribution in [0.1, 0.15) is 32.0 Å². The number of H-pyrrole nitrogens is 1. The van der Waals surface area contributed by atoms with Crippen LogP contribution in [0.15, 0.2) is 12.4 Å². The smallest absolute Gasteiger partial charge is 0.126 e. The molecule has 3 N–H and O–H groups in total. The standard InChI is InChI=1S/C9H15N3/c1-7-2-3-9(10,6-7)8-11-4-5-12-8/h4-5,7H,2-3,6,10H2,1H3,(H,11,12). The van der Waals surface area contributed by atoms with E-state index in [9.17, 15) is 0 Å². The van der Waals surface area contributed by atoms with Crippen LogP contribution in [0.25, 0.3) is 0 Å². The first-order valence-corrected chi connectivity index (χ1v) is 4.49. The zero-order valence-corrected chi connectivity index (χ0v) is 7.38. The van der Waals surface area contributed by atoms with Crippen LogP contribution in [-0.4, -0.2) is 9.97 Å². The van der Waals surface area contributed by atoms with E-state index in [1.807, 2.05) is 6.20 Å². The lowest BCUT2D eigenvalue weighted by atomic mass is 9.97. The van der Waals surface area contributed by atoms with Gasteiger partial charge >= 0.3 is 0 Å². The van der Waals surface area contributed by atoms with Gasteiger partial charge in [-0.2, -0.15) is 0 Å². The van der Waals surface area contributed by atoms with Crippen molar-refractivity contribution in [2.75, 3.05) is 0 Å². The zero-order valence-electron chi connectivity index (χ0n) is 7.38. The fourth-order valence-corrected chi connectivity index (χ4v) is 2.08. The Morgan fingerprint density at radius 2 is 2.58 bits per heavy atom. The van der Waals surface area contributed by atoms with Gasteiger partial charge in [0.2, 0.25) is 0 Å². The summed E-state index contributed by atoms with van der Waals surface area (Å²) in [5, 5.41) is 0. The number of nitrogens with one attached hydrogen (secondary N) is 1. The third-order valence-corrected chi connectivity index (χ3v) is 2.77. The summed E-state index contributed by atoms with van der Waals surface area (Å²) in [4.78, 5) is 7.33. The second kappa shape index (κ2) is 2.59. The van der Waals surface area contributed by atoms with Gasteiger partial charge in [-0.05, 0) is 25.2 Å². The molecule has 1 aliphatic carbocycles. The summed E-state index contributed by atoms with van der Waals surface area (Å²) in [6.07, 6.45) is 6.94. The van der Waals surface area contributed by atoms with Gasteiger partial charge in [-0.1, -0.05) is 6.92 Å². The maximum Gasteiger partial charge on any atom is 0.126 e. The number of nitrogens with zero attached hydrogens (tertiary/aromatic N) is 1. The lowest BCUT2D eigenvalue weighted by Gasteiger charge is -2.20. The Morgan fingerprint density at radius 1 is 1.75 bits per heavy atom. The number of hydrogen-bond acceptors (Lipinski definition) is 2. The van der Waals surface area contributed by atoms with Crippen LogP contribution in [-0.2, 0) is 5.54 Å². The molecule has 0 aromatic carbocycles. The first-order chi connectivity index (χ1) is 5.71. The fourth-order valence-electron chi connectivity index (χ4n) is 2.08. The Morgan fingerprint density at radius 3 is 3.08 bits per heavy atom. The van der Waals surface area contributed by atoms with Gasteiger partial charge in [0.1, 0.15) is 5.82 Å². The predicted molar refractivity (Wildman–Crippen MR) is 47.5 cm³/mol. The number of aromatic amines is 1. The molecule has 3 heteroatoms. The van der Waals surface area contributed by atoms with Gasteiger partial charge in [-0.3, -0.25) is 0 Å². The Hall–Kier alpha value is -0.830. The molecule has 0 spiro atoms. The normalized spacial score (nSPS) is 35.7. The molecule has 0 aliphatic heterocycles. The van der Waals surface area contributed by atoms with Crippen molar-refractivity contribution in [3.63, 3.8) is 0 Å². The molecular formula is C9H15N3. The van der Waals surface area contributed by atoms with Crippen molar-refractivity contribution in [2.45, 2.75) is 31.7 Å². The molecule has 2 unspecified atom stereocenters. The van der Waals surface area contributed by atoms with E-state index in [1.165, 1.54) is 6.42 Å². The van der Waals surface area contributed by atoms with Crippen LogP contribution < -0.4 is 5.73 Å². The quantitative estimate of drug-likeness (QED) is 0.660. The van der Waals surface area contributed by atoms with Gasteiger partial charge < -0.3 is 10.7 Å². The number of nitrogens with two attached hydrogens (primary N) is 1. The molecule has 1 aromatic heterocycles. The number of imidazole rings is 1. The van der Waals surface area contributed by atoms with Gasteiger partial charge in [-0.15, -0.1) is 0 Å². The van der Waals surface area contributed by atoms with Crippen molar-refractivity contribution in [3.05, 3.63) is 18.2 Å². The van der Waals surface area contributed by atoms with E-state index in [-0.39, 0.29) is 5.54 Å². The van der Waals surface area contributed by atoms with Crippen LogP contribution >= 0.6 is 0 Å². The highest BCUT2D eigenvalue weighted by Gasteiger charge is 2.37. The second-order valence-corrected chi connectivity index (χ2v) is 3.94. The third kappa shape index (κ3) is 1.14. The van der Waals surface area contributed by atoms with Crippen LogP contribution in [0.3, 0.4) is 0 Å². The average Bonchev–Trinajstić information content (AvgIpc) is 2.59. The van der Waals surface area contributed by atoms with Crippen LogP contribution in [0, 0.1) is 5.92 Å². The lowest BCUT2D eigenvalue weighted by molar-refractivity contribution is 0.417. The number of aromatic nitrogens is 2. The average molecular weight is 165 g/mol. The van der Waals surface area contributed by atoms with Crippen molar-refractivity contribution < 1.29 is 0 Å². The summed E-state index contributed by atoms with van der Waals surface area (Å²) in [5.74, 6) is 1.69. The molecule has 2 atom stereocenters. The Kier molecular flexibility index (Phi) is 1.68. The topological polar surface area (TPSA) is 54.7 Å². The van der Waals surface area contributed by atoms with Gasteiger partial charge in [0, 0.05) is 12.4 Å². The summed E-state index contributed by atoms with van der Waals surface area (Å²) in [5.41, 5.74) is 6.04. The summed E-state index contributed by atoms with van der Waals surface area (Å²) in [6.45, 7) is 2.25. The summed E-state index contributed by atoms with van der Waals surface area (Å²) in [7, 11) is 0. The van der Waals surface area contributed by atoms with Crippen LogP contribution in [0.2, 0.25) is 0 Å². The van der Waals surface area contributed by atoms with Crippen molar-refractivity contribution >= 4 is 0 Å². The van der Waals surface area contributed by atoms with Crippen molar-refractivity contribution in [1.82, 2.24) is 9.97 Å². The monoisotopic (exact) mass is 165 g/mol. The van der Waals surface area contributed by atoms with Gasteiger partial charge in [0.15, 0.2) is 0 Å². The summed E-state index contributed by atoms with van der Waals surface area (Å²) >= 11 is 0. The predicted octanol–water partition coefficient (Wildman–Crippen LogP) is 1.38. The molecule has 1 saturated carbocycles. The van der Waals surface area contributed by atoms with E-state index in [0.29, 0.717) is 0 Å². The molecule has 0 amide bonds. The second-order valence-electron chi connectivity index (χ2n) is 3.94. The minimum absolute atomic E-state index is 0.178. The molecule has 66 valence electrons.